The predicted octanol–water partition coefficient (Wildman–Crippen LogP) is 3.07. The van der Waals surface area contributed by atoms with Gasteiger partial charge in [0.25, 0.3) is 0 Å². The lowest BCUT2D eigenvalue weighted by Crippen LogP contribution is -2.45. The SMILES string of the molecule is Cc1sccc1CN1Cc2ccccc2CC1C(=O)O. The summed E-state index contributed by atoms with van der Waals surface area (Å²) in [5, 5.41) is 11.6. The molecule has 0 amide bonds. The Hall–Kier alpha value is -1.65. The molecule has 0 aliphatic carbocycles. The van der Waals surface area contributed by atoms with Gasteiger partial charge in [0.05, 0.1) is 0 Å². The number of nitrogens with zero attached hydrogens (tertiary/aromatic N) is 1. The molecule has 0 saturated carbocycles. The van der Waals surface area contributed by atoms with Gasteiger partial charge >= 0.3 is 5.97 Å². The topological polar surface area (TPSA) is 40.5 Å². The fraction of sp³-hybridized carbons (Fsp3) is 0.312. The minimum atomic E-state index is -0.729. The third kappa shape index (κ3) is 2.49. The lowest BCUT2D eigenvalue weighted by atomic mass is 9.93. The van der Waals surface area contributed by atoms with E-state index in [1.807, 2.05) is 18.2 Å². The number of rotatable bonds is 3. The molecule has 20 heavy (non-hydrogen) atoms. The van der Waals surface area contributed by atoms with Gasteiger partial charge in [0.2, 0.25) is 0 Å². The second-order valence-corrected chi connectivity index (χ2v) is 6.35. The summed E-state index contributed by atoms with van der Waals surface area (Å²) in [5.74, 6) is -0.729. The van der Waals surface area contributed by atoms with Gasteiger partial charge in [-0.15, -0.1) is 11.3 Å². The molecule has 1 atom stereocenters. The van der Waals surface area contributed by atoms with Gasteiger partial charge in [0.15, 0.2) is 0 Å². The Labute approximate surface area is 122 Å². The molecule has 0 fully saturated rings. The molecule has 0 bridgehead atoms. The third-order valence-electron chi connectivity index (χ3n) is 3.97. The first-order chi connectivity index (χ1) is 9.65. The average Bonchev–Trinajstić information content (AvgIpc) is 2.83. The van der Waals surface area contributed by atoms with Crippen LogP contribution in [0.2, 0.25) is 0 Å². The molecule has 0 saturated heterocycles. The molecule has 0 radical (unpaired) electrons. The van der Waals surface area contributed by atoms with Crippen molar-refractivity contribution >= 4 is 17.3 Å². The highest BCUT2D eigenvalue weighted by molar-refractivity contribution is 7.10. The van der Waals surface area contributed by atoms with E-state index in [9.17, 15) is 9.90 Å². The predicted molar refractivity (Wildman–Crippen MR) is 79.9 cm³/mol. The molecule has 1 aliphatic rings. The Morgan fingerprint density at radius 3 is 2.75 bits per heavy atom. The lowest BCUT2D eigenvalue weighted by Gasteiger charge is -2.34. The average molecular weight is 287 g/mol. The van der Waals surface area contributed by atoms with Crippen LogP contribution in [0.25, 0.3) is 0 Å². The number of hydrogen-bond donors (Lipinski definition) is 1. The zero-order chi connectivity index (χ0) is 14.1. The molecule has 104 valence electrons. The fourth-order valence-corrected chi connectivity index (χ4v) is 3.50. The summed E-state index contributed by atoms with van der Waals surface area (Å²) in [4.78, 5) is 14.9. The van der Waals surface area contributed by atoms with Gasteiger partial charge in [-0.1, -0.05) is 24.3 Å². The van der Waals surface area contributed by atoms with E-state index in [1.54, 1.807) is 11.3 Å². The Bertz CT molecular complexity index is 635. The molecule has 2 aromatic rings. The normalized spacial score (nSPS) is 18.8. The quantitative estimate of drug-likeness (QED) is 0.943. The van der Waals surface area contributed by atoms with Crippen molar-refractivity contribution in [1.82, 2.24) is 4.90 Å². The van der Waals surface area contributed by atoms with Crippen molar-refractivity contribution in [2.45, 2.75) is 32.5 Å². The van der Waals surface area contributed by atoms with Crippen LogP contribution < -0.4 is 0 Å². The highest BCUT2D eigenvalue weighted by Gasteiger charge is 2.31. The first-order valence-corrected chi connectivity index (χ1v) is 7.59. The van der Waals surface area contributed by atoms with Crippen LogP contribution >= 0.6 is 11.3 Å². The van der Waals surface area contributed by atoms with E-state index >= 15 is 0 Å². The first kappa shape index (κ1) is 13.3. The van der Waals surface area contributed by atoms with Crippen LogP contribution in [0, 0.1) is 6.92 Å². The zero-order valence-corrected chi connectivity index (χ0v) is 12.2. The number of aliphatic carboxylic acids is 1. The molecular formula is C16H17NO2S. The number of carboxylic acids is 1. The summed E-state index contributed by atoms with van der Waals surface area (Å²) in [6.45, 7) is 3.51. The van der Waals surface area contributed by atoms with Crippen molar-refractivity contribution in [2.75, 3.05) is 0 Å². The monoisotopic (exact) mass is 287 g/mol. The molecule has 1 aliphatic heterocycles. The van der Waals surface area contributed by atoms with Gasteiger partial charge in [-0.2, -0.15) is 0 Å². The fourth-order valence-electron chi connectivity index (χ4n) is 2.78. The molecular weight excluding hydrogens is 270 g/mol. The van der Waals surface area contributed by atoms with Crippen molar-refractivity contribution in [1.29, 1.82) is 0 Å². The van der Waals surface area contributed by atoms with Gasteiger partial charge in [-0.05, 0) is 41.5 Å². The van der Waals surface area contributed by atoms with Gasteiger partial charge in [-0.3, -0.25) is 9.69 Å². The smallest absolute Gasteiger partial charge is 0.321 e. The number of thiophene rings is 1. The van der Waals surface area contributed by atoms with Crippen LogP contribution in [0.5, 0.6) is 0 Å². The van der Waals surface area contributed by atoms with Crippen LogP contribution in [0.1, 0.15) is 21.6 Å². The largest absolute Gasteiger partial charge is 0.480 e. The Balaban J connectivity index is 1.89. The van der Waals surface area contributed by atoms with E-state index < -0.39 is 12.0 Å². The second-order valence-electron chi connectivity index (χ2n) is 5.23. The summed E-state index contributed by atoms with van der Waals surface area (Å²) < 4.78 is 0. The summed E-state index contributed by atoms with van der Waals surface area (Å²) >= 11 is 1.71. The van der Waals surface area contributed by atoms with Gasteiger partial charge in [0, 0.05) is 18.0 Å². The summed E-state index contributed by atoms with van der Waals surface area (Å²) in [6.07, 6.45) is 0.592. The summed E-state index contributed by atoms with van der Waals surface area (Å²) in [5.41, 5.74) is 3.65. The molecule has 1 N–H and O–H groups in total. The molecule has 1 unspecified atom stereocenters. The number of carbonyl (C=O) groups is 1. The van der Waals surface area contributed by atoms with Crippen molar-refractivity contribution in [3.63, 3.8) is 0 Å². The number of carboxylic acid groups (broad SMARTS) is 1. The van der Waals surface area contributed by atoms with Gasteiger partial charge in [0.1, 0.15) is 6.04 Å². The van der Waals surface area contributed by atoms with E-state index in [0.717, 1.165) is 5.56 Å². The highest BCUT2D eigenvalue weighted by atomic mass is 32.1. The van der Waals surface area contributed by atoms with Gasteiger partial charge in [-0.25, -0.2) is 0 Å². The van der Waals surface area contributed by atoms with Crippen molar-refractivity contribution in [2.24, 2.45) is 0 Å². The van der Waals surface area contributed by atoms with Crippen LogP contribution in [-0.4, -0.2) is 22.0 Å². The lowest BCUT2D eigenvalue weighted by molar-refractivity contribution is -0.144. The maximum absolute atomic E-state index is 11.5. The standard InChI is InChI=1S/C16H17NO2S/c1-11-13(6-7-20-11)9-17-10-14-5-3-2-4-12(14)8-15(17)16(18)19/h2-7,15H,8-10H2,1H3,(H,18,19). The Kier molecular flexibility index (Phi) is 3.59. The second kappa shape index (κ2) is 5.38. The van der Waals surface area contributed by atoms with E-state index in [-0.39, 0.29) is 0 Å². The summed E-state index contributed by atoms with van der Waals surface area (Å²) in [6, 6.07) is 9.81. The van der Waals surface area contributed by atoms with E-state index in [0.29, 0.717) is 19.5 Å². The summed E-state index contributed by atoms with van der Waals surface area (Å²) in [7, 11) is 0. The minimum Gasteiger partial charge on any atom is -0.480 e. The minimum absolute atomic E-state index is 0.427. The maximum atomic E-state index is 11.5. The molecule has 4 heteroatoms. The molecule has 3 nitrogen and oxygen atoms in total. The van der Waals surface area contributed by atoms with Crippen LogP contribution in [0.3, 0.4) is 0 Å². The third-order valence-corrected chi connectivity index (χ3v) is 4.86. The van der Waals surface area contributed by atoms with Crippen molar-refractivity contribution in [3.8, 4) is 0 Å². The van der Waals surface area contributed by atoms with Crippen LogP contribution in [0.15, 0.2) is 35.7 Å². The van der Waals surface area contributed by atoms with Crippen LogP contribution in [0.4, 0.5) is 0 Å². The molecule has 1 aromatic heterocycles. The van der Waals surface area contributed by atoms with E-state index in [4.69, 9.17) is 0 Å². The number of aryl methyl sites for hydroxylation is 1. The molecule has 0 spiro atoms. The van der Waals surface area contributed by atoms with E-state index in [2.05, 4.69) is 29.3 Å². The molecule has 3 rings (SSSR count). The van der Waals surface area contributed by atoms with Gasteiger partial charge < -0.3 is 5.11 Å². The Morgan fingerprint density at radius 1 is 1.35 bits per heavy atom. The molecule has 2 heterocycles. The molecule has 1 aromatic carbocycles. The first-order valence-electron chi connectivity index (χ1n) is 6.72. The Morgan fingerprint density at radius 2 is 2.10 bits per heavy atom. The van der Waals surface area contributed by atoms with Crippen LogP contribution in [-0.2, 0) is 24.3 Å². The zero-order valence-electron chi connectivity index (χ0n) is 11.4. The number of fused-ring (bicyclic) bond motifs is 1. The number of benzene rings is 1. The number of hydrogen-bond acceptors (Lipinski definition) is 3. The maximum Gasteiger partial charge on any atom is 0.321 e. The van der Waals surface area contributed by atoms with Crippen molar-refractivity contribution in [3.05, 3.63) is 57.3 Å². The van der Waals surface area contributed by atoms with Crippen molar-refractivity contribution < 1.29 is 9.90 Å². The van der Waals surface area contributed by atoms with E-state index in [1.165, 1.54) is 16.0 Å². The highest BCUT2D eigenvalue weighted by Crippen LogP contribution is 2.26.